The molecule has 0 spiro atoms. The van der Waals surface area contributed by atoms with E-state index in [2.05, 4.69) is 53.1 Å². The van der Waals surface area contributed by atoms with E-state index < -0.39 is 0 Å². The number of nitriles is 1. The number of nitrogens with zero attached hydrogens (tertiary/aromatic N) is 1. The predicted molar refractivity (Wildman–Crippen MR) is 58.8 cm³/mol. The van der Waals surface area contributed by atoms with E-state index in [0.29, 0.717) is 0 Å². The molecule has 0 aliphatic rings. The van der Waals surface area contributed by atoms with Gasteiger partial charge >= 0.3 is 0 Å². The molecule has 1 rings (SSSR count). The number of halogens is 3. The molecule has 0 aliphatic carbocycles. The Labute approximate surface area is 95.3 Å². The molecule has 0 heterocycles. The Balaban J connectivity index is 3.21. The van der Waals surface area contributed by atoms with E-state index in [0.717, 1.165) is 19.1 Å². The van der Waals surface area contributed by atoms with Crippen LogP contribution in [0.2, 0.25) is 0 Å². The van der Waals surface area contributed by atoms with E-state index in [1.165, 1.54) is 0 Å². The van der Waals surface area contributed by atoms with Crippen molar-refractivity contribution in [2.45, 2.75) is 0 Å². The van der Waals surface area contributed by atoms with Crippen LogP contribution in [-0.4, -0.2) is 0 Å². The van der Waals surface area contributed by atoms with Crippen LogP contribution in [0.4, 0.5) is 5.69 Å². The molecule has 1 aromatic rings. The van der Waals surface area contributed by atoms with Gasteiger partial charge in [-0.05, 0) is 44.0 Å². The first-order valence-electron chi connectivity index (χ1n) is 2.95. The zero-order valence-electron chi connectivity index (χ0n) is 5.74. The second kappa shape index (κ2) is 4.26. The van der Waals surface area contributed by atoms with Crippen LogP contribution < -0.4 is 5.32 Å². The first-order chi connectivity index (χ1) is 5.65. The SMILES string of the molecule is N#CNc1c(Br)cc(Br)cc1Br. The summed E-state index contributed by atoms with van der Waals surface area (Å²) >= 11 is 9.98. The van der Waals surface area contributed by atoms with Crippen molar-refractivity contribution in [2.75, 3.05) is 5.32 Å². The van der Waals surface area contributed by atoms with Gasteiger partial charge in [-0.1, -0.05) is 15.9 Å². The molecule has 0 unspecified atom stereocenters. The molecule has 0 saturated carbocycles. The van der Waals surface area contributed by atoms with Gasteiger partial charge in [-0.3, -0.25) is 5.32 Å². The highest BCUT2D eigenvalue weighted by Gasteiger charge is 2.04. The van der Waals surface area contributed by atoms with Crippen molar-refractivity contribution in [3.8, 4) is 6.19 Å². The molecular weight excluding hydrogens is 352 g/mol. The summed E-state index contributed by atoms with van der Waals surface area (Å²) in [4.78, 5) is 0. The highest BCUT2D eigenvalue weighted by atomic mass is 79.9. The minimum Gasteiger partial charge on any atom is -0.291 e. The van der Waals surface area contributed by atoms with Crippen molar-refractivity contribution in [2.24, 2.45) is 0 Å². The van der Waals surface area contributed by atoms with Crippen LogP contribution in [0.5, 0.6) is 0 Å². The summed E-state index contributed by atoms with van der Waals surface area (Å²) in [5, 5.41) is 11.0. The quantitative estimate of drug-likeness (QED) is 0.614. The maximum Gasteiger partial charge on any atom is 0.181 e. The first-order valence-corrected chi connectivity index (χ1v) is 5.32. The molecule has 1 N–H and O–H groups in total. The molecule has 0 amide bonds. The predicted octanol–water partition coefficient (Wildman–Crippen LogP) is 3.87. The van der Waals surface area contributed by atoms with Crippen molar-refractivity contribution in [1.29, 1.82) is 5.26 Å². The molecule has 0 aromatic heterocycles. The third-order valence-corrected chi connectivity index (χ3v) is 2.90. The summed E-state index contributed by atoms with van der Waals surface area (Å²) in [6, 6.07) is 3.73. The number of hydrogen-bond acceptors (Lipinski definition) is 2. The van der Waals surface area contributed by atoms with Crippen molar-refractivity contribution in [1.82, 2.24) is 0 Å². The average Bonchev–Trinajstić information content (AvgIpc) is 1.96. The third kappa shape index (κ3) is 2.22. The van der Waals surface area contributed by atoms with Crippen molar-refractivity contribution in [3.63, 3.8) is 0 Å². The van der Waals surface area contributed by atoms with Gasteiger partial charge in [0.1, 0.15) is 0 Å². The molecule has 0 bridgehead atoms. The van der Waals surface area contributed by atoms with E-state index in [1.54, 1.807) is 0 Å². The lowest BCUT2D eigenvalue weighted by Crippen LogP contribution is -1.89. The van der Waals surface area contributed by atoms with Crippen LogP contribution in [-0.2, 0) is 0 Å². The molecule has 2 nitrogen and oxygen atoms in total. The van der Waals surface area contributed by atoms with Crippen LogP contribution >= 0.6 is 47.8 Å². The monoisotopic (exact) mass is 352 g/mol. The van der Waals surface area contributed by atoms with Crippen molar-refractivity contribution in [3.05, 3.63) is 25.6 Å². The second-order valence-electron chi connectivity index (χ2n) is 1.98. The fraction of sp³-hybridized carbons (Fsp3) is 0. The molecule has 0 fully saturated rings. The molecule has 0 atom stereocenters. The zero-order chi connectivity index (χ0) is 9.14. The van der Waals surface area contributed by atoms with E-state index >= 15 is 0 Å². The molecule has 5 heteroatoms. The van der Waals surface area contributed by atoms with Gasteiger partial charge < -0.3 is 0 Å². The summed E-state index contributed by atoms with van der Waals surface area (Å²) < 4.78 is 2.63. The van der Waals surface area contributed by atoms with Gasteiger partial charge in [-0.15, -0.1) is 0 Å². The Hall–Kier alpha value is -0.0500. The summed E-state index contributed by atoms with van der Waals surface area (Å²) in [6.07, 6.45) is 1.86. The maximum atomic E-state index is 8.42. The summed E-state index contributed by atoms with van der Waals surface area (Å²) in [5.74, 6) is 0. The van der Waals surface area contributed by atoms with Gasteiger partial charge in [0, 0.05) is 13.4 Å². The van der Waals surface area contributed by atoms with Crippen LogP contribution in [0.3, 0.4) is 0 Å². The van der Waals surface area contributed by atoms with Crippen molar-refractivity contribution >= 4 is 53.5 Å². The lowest BCUT2D eigenvalue weighted by molar-refractivity contribution is 1.44. The summed E-state index contributed by atoms with van der Waals surface area (Å²) in [7, 11) is 0. The van der Waals surface area contributed by atoms with E-state index in [9.17, 15) is 0 Å². The smallest absolute Gasteiger partial charge is 0.181 e. The Bertz CT molecular complexity index is 320. The van der Waals surface area contributed by atoms with E-state index in [1.807, 2.05) is 18.3 Å². The van der Waals surface area contributed by atoms with Gasteiger partial charge in [-0.25, -0.2) is 0 Å². The fourth-order valence-corrected chi connectivity index (χ4v) is 3.17. The fourth-order valence-electron chi connectivity index (χ4n) is 0.718. The molecule has 0 aliphatic heterocycles. The third-order valence-electron chi connectivity index (χ3n) is 1.19. The average molecular weight is 355 g/mol. The lowest BCUT2D eigenvalue weighted by atomic mass is 10.3. The van der Waals surface area contributed by atoms with E-state index in [4.69, 9.17) is 5.26 Å². The highest BCUT2D eigenvalue weighted by Crippen LogP contribution is 2.33. The summed E-state index contributed by atoms with van der Waals surface area (Å²) in [6.45, 7) is 0. The normalized spacial score (nSPS) is 9.17. The number of anilines is 1. The van der Waals surface area contributed by atoms with Gasteiger partial charge in [0.2, 0.25) is 0 Å². The largest absolute Gasteiger partial charge is 0.291 e. The van der Waals surface area contributed by atoms with Gasteiger partial charge in [0.25, 0.3) is 0 Å². The topological polar surface area (TPSA) is 35.8 Å². The Morgan fingerprint density at radius 3 is 2.08 bits per heavy atom. The Kier molecular flexibility index (Phi) is 3.56. The lowest BCUT2D eigenvalue weighted by Gasteiger charge is -2.04. The van der Waals surface area contributed by atoms with Crippen LogP contribution in [0.1, 0.15) is 0 Å². The van der Waals surface area contributed by atoms with Crippen LogP contribution in [0.25, 0.3) is 0 Å². The maximum absolute atomic E-state index is 8.42. The Morgan fingerprint density at radius 1 is 1.17 bits per heavy atom. The second-order valence-corrected chi connectivity index (χ2v) is 4.61. The van der Waals surface area contributed by atoms with Crippen LogP contribution in [0.15, 0.2) is 25.6 Å². The van der Waals surface area contributed by atoms with Gasteiger partial charge in [0.05, 0.1) is 5.69 Å². The first kappa shape index (κ1) is 10.0. The molecule has 62 valence electrons. The standard InChI is InChI=1S/C7H3Br3N2/c8-4-1-5(9)7(12-3-11)6(10)2-4/h1-2,12H. The number of hydrogen-bond donors (Lipinski definition) is 1. The minimum atomic E-state index is 0.737. The molecule has 1 aromatic carbocycles. The summed E-state index contributed by atoms with van der Waals surface area (Å²) in [5.41, 5.74) is 0.737. The minimum absolute atomic E-state index is 0.737. The molecular formula is C7H3Br3N2. The van der Waals surface area contributed by atoms with Gasteiger partial charge in [0.15, 0.2) is 6.19 Å². The number of benzene rings is 1. The number of nitrogens with one attached hydrogen (secondary N) is 1. The zero-order valence-corrected chi connectivity index (χ0v) is 10.5. The Morgan fingerprint density at radius 2 is 1.67 bits per heavy atom. The van der Waals surface area contributed by atoms with Gasteiger partial charge in [-0.2, -0.15) is 5.26 Å². The molecule has 0 saturated heterocycles. The van der Waals surface area contributed by atoms with E-state index in [-0.39, 0.29) is 0 Å². The van der Waals surface area contributed by atoms with Crippen LogP contribution in [0, 0.1) is 11.5 Å². The van der Waals surface area contributed by atoms with Crippen molar-refractivity contribution < 1.29 is 0 Å². The number of rotatable bonds is 1. The molecule has 0 radical (unpaired) electrons. The highest BCUT2D eigenvalue weighted by molar-refractivity contribution is 9.11. The molecule has 12 heavy (non-hydrogen) atoms.